The van der Waals surface area contributed by atoms with E-state index in [0.29, 0.717) is 0 Å². The molecule has 0 heterocycles. The van der Waals surface area contributed by atoms with Crippen molar-refractivity contribution in [2.24, 2.45) is 0 Å². The maximum Gasteiger partial charge on any atom is 0 e. The predicted octanol–water partition coefficient (Wildman–Crippen LogP) is 1.26. The molecule has 0 N–H and O–H groups in total. The predicted molar refractivity (Wildman–Crippen MR) is 21.7 cm³/mol. The van der Waals surface area contributed by atoms with Crippen LogP contribution in [0, 0.1) is 0 Å². The molecule has 0 amide bonds. The van der Waals surface area contributed by atoms with Gasteiger partial charge in [-0.2, -0.15) is 0 Å². The minimum absolute atomic E-state index is 0. The summed E-state index contributed by atoms with van der Waals surface area (Å²) in [6.07, 6.45) is 0. The molecule has 0 aliphatic heterocycles. The Balaban J connectivity index is 0. The van der Waals surface area contributed by atoms with E-state index >= 15 is 0 Å². The summed E-state index contributed by atoms with van der Waals surface area (Å²) in [5.74, 6) is 0. The smallest absolute Gasteiger partial charge is 0 e. The Morgan fingerprint density at radius 3 is 0.400 bits per heavy atom. The van der Waals surface area contributed by atoms with Crippen LogP contribution in [-0.2, 0) is 37.1 Å². The standard InChI is InChI=1S/3ClH.2V/h3*1H;;. The quantitative estimate of drug-likeness (QED) is 0.566. The van der Waals surface area contributed by atoms with Gasteiger partial charge in [0, 0.05) is 37.1 Å². The zero-order chi connectivity index (χ0) is 0. The van der Waals surface area contributed by atoms with E-state index in [1.165, 1.54) is 0 Å². The summed E-state index contributed by atoms with van der Waals surface area (Å²) in [6.45, 7) is 0. The summed E-state index contributed by atoms with van der Waals surface area (Å²) in [6, 6.07) is 0. The molecule has 0 aromatic carbocycles. The molecule has 0 spiro atoms. The van der Waals surface area contributed by atoms with Crippen LogP contribution in [0.2, 0.25) is 0 Å². The molecular formula is H3Cl3V2. The zero-order valence-electron chi connectivity index (χ0n) is 2.12. The van der Waals surface area contributed by atoms with Crippen molar-refractivity contribution in [1.82, 2.24) is 0 Å². The molecule has 0 aliphatic carbocycles. The molecule has 0 aromatic heterocycles. The molecule has 5 heteroatoms. The first-order chi connectivity index (χ1) is 0. The van der Waals surface area contributed by atoms with Gasteiger partial charge in [-0.15, -0.1) is 37.2 Å². The third-order valence-corrected chi connectivity index (χ3v) is 0. The van der Waals surface area contributed by atoms with E-state index in [1.807, 2.05) is 0 Å². The van der Waals surface area contributed by atoms with Crippen LogP contribution in [-0.4, -0.2) is 0 Å². The molecule has 0 saturated heterocycles. The topological polar surface area (TPSA) is 0 Å². The molecule has 5 heavy (non-hydrogen) atoms. The van der Waals surface area contributed by atoms with Gasteiger partial charge >= 0.3 is 0 Å². The van der Waals surface area contributed by atoms with Crippen LogP contribution >= 0.6 is 37.2 Å². The maximum absolute atomic E-state index is 0. The van der Waals surface area contributed by atoms with Gasteiger partial charge < -0.3 is 0 Å². The first-order valence-corrected chi connectivity index (χ1v) is 0. The Morgan fingerprint density at radius 2 is 0.400 bits per heavy atom. The fourth-order valence-corrected chi connectivity index (χ4v) is 0. The maximum atomic E-state index is 0. The van der Waals surface area contributed by atoms with Crippen molar-refractivity contribution in [2.45, 2.75) is 0 Å². The van der Waals surface area contributed by atoms with Gasteiger partial charge in [-0.05, 0) is 0 Å². The molecule has 0 unspecified atom stereocenters. The molecule has 2 radical (unpaired) electrons. The van der Waals surface area contributed by atoms with Crippen molar-refractivity contribution in [2.75, 3.05) is 0 Å². The molecule has 0 saturated carbocycles. The van der Waals surface area contributed by atoms with E-state index < -0.39 is 0 Å². The number of hydrogen-bond donors (Lipinski definition) is 0. The number of hydrogen-bond acceptors (Lipinski definition) is 0. The van der Waals surface area contributed by atoms with Gasteiger partial charge in [0.1, 0.15) is 0 Å². The summed E-state index contributed by atoms with van der Waals surface area (Å²) < 4.78 is 0. The average molecular weight is 211 g/mol. The molecule has 0 fully saturated rings. The van der Waals surface area contributed by atoms with E-state index in [9.17, 15) is 0 Å². The van der Waals surface area contributed by atoms with E-state index in [-0.39, 0.29) is 74.3 Å². The van der Waals surface area contributed by atoms with E-state index in [1.54, 1.807) is 0 Å². The molecule has 34 valence electrons. The van der Waals surface area contributed by atoms with Crippen LogP contribution in [0.5, 0.6) is 0 Å². The van der Waals surface area contributed by atoms with E-state index in [2.05, 4.69) is 0 Å². The van der Waals surface area contributed by atoms with E-state index in [4.69, 9.17) is 0 Å². The minimum atomic E-state index is 0. The summed E-state index contributed by atoms with van der Waals surface area (Å²) >= 11 is 0. The Bertz CT molecular complexity index is 4.85. The Morgan fingerprint density at radius 1 is 0.400 bits per heavy atom. The first-order valence-electron chi connectivity index (χ1n) is 0. The second kappa shape index (κ2) is 36.9. The zero-order valence-corrected chi connectivity index (χ0v) is 7.36. The average Bonchev–Trinajstić information content (AvgIpc) is 0. The number of halogens is 3. The second-order valence-electron chi connectivity index (χ2n) is 0. The first kappa shape index (κ1) is 61.8. The normalized spacial score (nSPS) is 0. The van der Waals surface area contributed by atoms with Gasteiger partial charge in [0.15, 0.2) is 0 Å². The third-order valence-electron chi connectivity index (χ3n) is 0. The Hall–Kier alpha value is 2.04. The monoisotopic (exact) mass is 210 g/mol. The SMILES string of the molecule is Cl.Cl.Cl.[V].[V]. The van der Waals surface area contributed by atoms with Gasteiger partial charge in [0.2, 0.25) is 0 Å². The summed E-state index contributed by atoms with van der Waals surface area (Å²) in [7, 11) is 0. The van der Waals surface area contributed by atoms with Crippen LogP contribution in [0.1, 0.15) is 0 Å². The molecule has 0 aromatic rings. The van der Waals surface area contributed by atoms with Crippen molar-refractivity contribution in [1.29, 1.82) is 0 Å². The molecular weight excluding hydrogens is 208 g/mol. The van der Waals surface area contributed by atoms with Gasteiger partial charge in [-0.1, -0.05) is 0 Å². The summed E-state index contributed by atoms with van der Waals surface area (Å²) in [4.78, 5) is 0. The molecule has 0 atom stereocenters. The second-order valence-corrected chi connectivity index (χ2v) is 0. The number of rotatable bonds is 0. The van der Waals surface area contributed by atoms with Crippen molar-refractivity contribution in [3.63, 3.8) is 0 Å². The van der Waals surface area contributed by atoms with Crippen LogP contribution in [0.4, 0.5) is 0 Å². The van der Waals surface area contributed by atoms with E-state index in [0.717, 1.165) is 0 Å². The minimum Gasteiger partial charge on any atom is -0.147 e. The van der Waals surface area contributed by atoms with Gasteiger partial charge in [-0.25, -0.2) is 0 Å². The van der Waals surface area contributed by atoms with Crippen molar-refractivity contribution in [3.8, 4) is 0 Å². The Kier molecular flexibility index (Phi) is 456. The van der Waals surface area contributed by atoms with Crippen molar-refractivity contribution in [3.05, 3.63) is 0 Å². The van der Waals surface area contributed by atoms with Crippen LogP contribution < -0.4 is 0 Å². The molecule has 0 aliphatic rings. The fourth-order valence-electron chi connectivity index (χ4n) is 0. The fraction of sp³-hybridized carbons (Fsp3) is 0. The van der Waals surface area contributed by atoms with Crippen LogP contribution in [0.15, 0.2) is 0 Å². The molecule has 0 nitrogen and oxygen atoms in total. The van der Waals surface area contributed by atoms with Crippen molar-refractivity contribution >= 4 is 37.2 Å². The summed E-state index contributed by atoms with van der Waals surface area (Å²) in [5.41, 5.74) is 0. The van der Waals surface area contributed by atoms with Crippen LogP contribution in [0.25, 0.3) is 0 Å². The third kappa shape index (κ3) is 23.7. The molecule has 0 rings (SSSR count). The van der Waals surface area contributed by atoms with Gasteiger partial charge in [0.05, 0.1) is 0 Å². The van der Waals surface area contributed by atoms with Gasteiger partial charge in [-0.3, -0.25) is 0 Å². The van der Waals surface area contributed by atoms with Crippen molar-refractivity contribution < 1.29 is 37.1 Å². The Labute approximate surface area is 73.8 Å². The summed E-state index contributed by atoms with van der Waals surface area (Å²) in [5, 5.41) is 0. The largest absolute Gasteiger partial charge is 0.147 e. The van der Waals surface area contributed by atoms with Gasteiger partial charge in [0.25, 0.3) is 0 Å². The van der Waals surface area contributed by atoms with Crippen LogP contribution in [0.3, 0.4) is 0 Å². The molecule has 0 bridgehead atoms.